The molecule has 0 aliphatic carbocycles. The summed E-state index contributed by atoms with van der Waals surface area (Å²) in [5, 5.41) is 6.81. The van der Waals surface area contributed by atoms with Crippen LogP contribution in [0.3, 0.4) is 0 Å². The Bertz CT molecular complexity index is 537. The SMILES string of the molecule is O=S(=O)(Cc1ccccc1)Nc1nnco1. The molecule has 0 aliphatic rings. The van der Waals surface area contributed by atoms with Crippen LogP contribution in [-0.4, -0.2) is 18.6 Å². The lowest BCUT2D eigenvalue weighted by molar-refractivity contribution is 0.565. The predicted molar refractivity (Wildman–Crippen MR) is 57.0 cm³/mol. The van der Waals surface area contributed by atoms with Crippen molar-refractivity contribution in [3.63, 3.8) is 0 Å². The summed E-state index contributed by atoms with van der Waals surface area (Å²) in [5.74, 6) is -0.129. The molecule has 1 aromatic heterocycles. The molecule has 0 saturated heterocycles. The largest absolute Gasteiger partial charge is 0.410 e. The Hall–Kier alpha value is -1.89. The molecule has 1 N–H and O–H groups in total. The minimum atomic E-state index is -3.50. The highest BCUT2D eigenvalue weighted by atomic mass is 32.2. The maximum absolute atomic E-state index is 11.6. The van der Waals surface area contributed by atoms with Gasteiger partial charge < -0.3 is 4.42 Å². The van der Waals surface area contributed by atoms with Crippen LogP contribution in [0.2, 0.25) is 0 Å². The number of anilines is 1. The van der Waals surface area contributed by atoms with Gasteiger partial charge in [-0.15, -0.1) is 5.10 Å². The van der Waals surface area contributed by atoms with Crippen molar-refractivity contribution in [1.82, 2.24) is 10.2 Å². The molecule has 0 saturated carbocycles. The quantitative estimate of drug-likeness (QED) is 0.860. The van der Waals surface area contributed by atoms with E-state index in [0.717, 1.165) is 6.39 Å². The minimum Gasteiger partial charge on any atom is -0.410 e. The maximum atomic E-state index is 11.6. The lowest BCUT2D eigenvalue weighted by Gasteiger charge is -2.03. The summed E-state index contributed by atoms with van der Waals surface area (Å²) < 4.78 is 30.1. The van der Waals surface area contributed by atoms with Crippen LogP contribution in [0, 0.1) is 0 Å². The molecule has 7 heteroatoms. The van der Waals surface area contributed by atoms with Gasteiger partial charge in [0.2, 0.25) is 16.4 Å². The number of benzene rings is 1. The third-order valence-electron chi connectivity index (χ3n) is 1.80. The molecule has 0 amide bonds. The molecule has 0 unspecified atom stereocenters. The standard InChI is InChI=1S/C9H9N3O3S/c13-16(14,12-9-11-10-7-15-9)6-8-4-2-1-3-5-8/h1-5,7H,6H2,(H,11,12). The number of hydrogen-bond donors (Lipinski definition) is 1. The van der Waals surface area contributed by atoms with E-state index in [4.69, 9.17) is 4.42 Å². The molecule has 0 aliphatic heterocycles. The Morgan fingerprint density at radius 3 is 2.62 bits per heavy atom. The van der Waals surface area contributed by atoms with Gasteiger partial charge in [-0.05, 0) is 5.56 Å². The van der Waals surface area contributed by atoms with Crippen molar-refractivity contribution in [2.24, 2.45) is 0 Å². The van der Waals surface area contributed by atoms with Crippen molar-refractivity contribution < 1.29 is 12.8 Å². The zero-order chi connectivity index (χ0) is 11.4. The van der Waals surface area contributed by atoms with Crippen molar-refractivity contribution in [3.05, 3.63) is 42.3 Å². The molecular formula is C9H9N3O3S. The van der Waals surface area contributed by atoms with Gasteiger partial charge in [-0.3, -0.25) is 0 Å². The second-order valence-corrected chi connectivity index (χ2v) is 4.81. The number of nitrogens with one attached hydrogen (secondary N) is 1. The van der Waals surface area contributed by atoms with Gasteiger partial charge in [-0.1, -0.05) is 35.4 Å². The van der Waals surface area contributed by atoms with Gasteiger partial charge in [0, 0.05) is 0 Å². The third-order valence-corrected chi connectivity index (χ3v) is 3.00. The summed E-state index contributed by atoms with van der Waals surface area (Å²) in [6.07, 6.45) is 1.06. The predicted octanol–water partition coefficient (Wildman–Crippen LogP) is 1.01. The first-order chi connectivity index (χ1) is 7.66. The van der Waals surface area contributed by atoms with E-state index in [0.29, 0.717) is 5.56 Å². The first kappa shape index (κ1) is 10.6. The van der Waals surface area contributed by atoms with Gasteiger partial charge in [0.25, 0.3) is 0 Å². The lowest BCUT2D eigenvalue weighted by Crippen LogP contribution is -2.15. The Morgan fingerprint density at radius 1 is 1.25 bits per heavy atom. The van der Waals surface area contributed by atoms with E-state index in [1.807, 2.05) is 6.07 Å². The zero-order valence-corrected chi connectivity index (χ0v) is 9.02. The zero-order valence-electron chi connectivity index (χ0n) is 8.20. The van der Waals surface area contributed by atoms with Crippen LogP contribution in [0.4, 0.5) is 6.01 Å². The average molecular weight is 239 g/mol. The van der Waals surface area contributed by atoms with Crippen molar-refractivity contribution >= 4 is 16.0 Å². The number of rotatable bonds is 4. The second kappa shape index (κ2) is 4.31. The van der Waals surface area contributed by atoms with Gasteiger partial charge in [0.15, 0.2) is 0 Å². The van der Waals surface area contributed by atoms with E-state index >= 15 is 0 Å². The molecule has 2 rings (SSSR count). The molecule has 0 radical (unpaired) electrons. The fraction of sp³-hybridized carbons (Fsp3) is 0.111. The maximum Gasteiger partial charge on any atom is 0.329 e. The molecule has 0 bridgehead atoms. The van der Waals surface area contributed by atoms with Crippen molar-refractivity contribution in [2.75, 3.05) is 4.72 Å². The van der Waals surface area contributed by atoms with Crippen molar-refractivity contribution in [3.8, 4) is 0 Å². The first-order valence-electron chi connectivity index (χ1n) is 4.46. The monoisotopic (exact) mass is 239 g/mol. The van der Waals surface area contributed by atoms with Crippen LogP contribution < -0.4 is 4.72 Å². The third kappa shape index (κ3) is 2.80. The van der Waals surface area contributed by atoms with E-state index in [1.54, 1.807) is 24.3 Å². The van der Waals surface area contributed by atoms with Crippen LogP contribution in [0.25, 0.3) is 0 Å². The minimum absolute atomic E-state index is 0.129. The van der Waals surface area contributed by atoms with Crippen LogP contribution >= 0.6 is 0 Å². The first-order valence-corrected chi connectivity index (χ1v) is 6.11. The fourth-order valence-corrected chi connectivity index (χ4v) is 2.24. The van der Waals surface area contributed by atoms with Gasteiger partial charge in [-0.25, -0.2) is 13.1 Å². The molecule has 0 fully saturated rings. The molecule has 84 valence electrons. The molecule has 1 heterocycles. The summed E-state index contributed by atoms with van der Waals surface area (Å²) in [7, 11) is -3.50. The summed E-state index contributed by atoms with van der Waals surface area (Å²) in [6, 6.07) is 8.70. The van der Waals surface area contributed by atoms with Crippen molar-refractivity contribution in [1.29, 1.82) is 0 Å². The Balaban J connectivity index is 2.09. The highest BCUT2D eigenvalue weighted by Crippen LogP contribution is 2.09. The average Bonchev–Trinajstić information content (AvgIpc) is 2.70. The fourth-order valence-electron chi connectivity index (χ4n) is 1.18. The molecule has 0 atom stereocenters. The highest BCUT2D eigenvalue weighted by Gasteiger charge is 2.13. The topological polar surface area (TPSA) is 85.1 Å². The van der Waals surface area contributed by atoms with E-state index < -0.39 is 10.0 Å². The van der Waals surface area contributed by atoms with E-state index in [1.165, 1.54) is 0 Å². The Morgan fingerprint density at radius 2 is 2.00 bits per heavy atom. The molecule has 1 aromatic carbocycles. The number of aromatic nitrogens is 2. The Labute approximate surface area is 92.4 Å². The molecule has 2 aromatic rings. The molecule has 0 spiro atoms. The normalized spacial score (nSPS) is 11.2. The summed E-state index contributed by atoms with van der Waals surface area (Å²) in [5.41, 5.74) is 0.689. The van der Waals surface area contributed by atoms with E-state index in [-0.39, 0.29) is 11.8 Å². The molecular weight excluding hydrogens is 230 g/mol. The van der Waals surface area contributed by atoms with Gasteiger partial charge >= 0.3 is 6.01 Å². The smallest absolute Gasteiger partial charge is 0.329 e. The van der Waals surface area contributed by atoms with Crippen molar-refractivity contribution in [2.45, 2.75) is 5.75 Å². The van der Waals surface area contributed by atoms with E-state index in [2.05, 4.69) is 14.9 Å². The summed E-state index contributed by atoms with van der Waals surface area (Å²) in [6.45, 7) is 0. The lowest BCUT2D eigenvalue weighted by atomic mass is 10.2. The van der Waals surface area contributed by atoms with Crippen LogP contribution in [0.15, 0.2) is 41.1 Å². The number of sulfonamides is 1. The molecule has 16 heavy (non-hydrogen) atoms. The van der Waals surface area contributed by atoms with Gasteiger partial charge in [-0.2, -0.15) is 0 Å². The van der Waals surface area contributed by atoms with E-state index in [9.17, 15) is 8.42 Å². The van der Waals surface area contributed by atoms with Crippen LogP contribution in [-0.2, 0) is 15.8 Å². The summed E-state index contributed by atoms with van der Waals surface area (Å²) >= 11 is 0. The summed E-state index contributed by atoms with van der Waals surface area (Å²) in [4.78, 5) is 0. The van der Waals surface area contributed by atoms with Crippen LogP contribution in [0.1, 0.15) is 5.56 Å². The number of hydrogen-bond acceptors (Lipinski definition) is 5. The van der Waals surface area contributed by atoms with Gasteiger partial charge in [0.1, 0.15) is 0 Å². The highest BCUT2D eigenvalue weighted by molar-refractivity contribution is 7.91. The molecule has 6 nitrogen and oxygen atoms in total. The number of nitrogens with zero attached hydrogens (tertiary/aromatic N) is 2. The van der Waals surface area contributed by atoms with Gasteiger partial charge in [0.05, 0.1) is 5.75 Å². The Kier molecular flexibility index (Phi) is 2.86. The second-order valence-electron chi connectivity index (χ2n) is 3.09. The van der Waals surface area contributed by atoms with Crippen LogP contribution in [0.5, 0.6) is 0 Å².